The first kappa shape index (κ1) is 17.1. The predicted octanol–water partition coefficient (Wildman–Crippen LogP) is 3.22. The molecule has 0 bridgehead atoms. The molecule has 0 radical (unpaired) electrons. The summed E-state index contributed by atoms with van der Waals surface area (Å²) >= 11 is 1.56. The Labute approximate surface area is 155 Å². The van der Waals surface area contributed by atoms with Gasteiger partial charge in [0.25, 0.3) is 0 Å². The molecule has 1 aliphatic rings. The minimum Gasteiger partial charge on any atom is -0.486 e. The quantitative estimate of drug-likeness (QED) is 0.698. The van der Waals surface area contributed by atoms with Crippen molar-refractivity contribution in [2.45, 2.75) is 10.8 Å². The summed E-state index contributed by atoms with van der Waals surface area (Å²) < 4.78 is 44.5. The van der Waals surface area contributed by atoms with Gasteiger partial charge in [-0.3, -0.25) is 0 Å². The SMILES string of the molecule is O=S(=O)(NCC(c1ccsc1)c1ccco1)c1ccc2c(c1)OCCO2. The number of hydrogen-bond donors (Lipinski definition) is 1. The number of ether oxygens (including phenoxy) is 2. The highest BCUT2D eigenvalue weighted by Gasteiger charge is 2.23. The Morgan fingerprint density at radius 2 is 1.96 bits per heavy atom. The average Bonchev–Trinajstić information content (AvgIpc) is 3.36. The highest BCUT2D eigenvalue weighted by molar-refractivity contribution is 7.89. The van der Waals surface area contributed by atoms with Gasteiger partial charge in [-0.25, -0.2) is 13.1 Å². The molecule has 0 saturated heterocycles. The minimum absolute atomic E-state index is 0.144. The third-order valence-electron chi connectivity index (χ3n) is 4.13. The van der Waals surface area contributed by atoms with E-state index in [1.807, 2.05) is 22.9 Å². The molecule has 8 heteroatoms. The molecular weight excluding hydrogens is 374 g/mol. The highest BCUT2D eigenvalue weighted by Crippen LogP contribution is 2.32. The van der Waals surface area contributed by atoms with Crippen LogP contribution in [0.2, 0.25) is 0 Å². The zero-order valence-electron chi connectivity index (χ0n) is 13.8. The normalized spacial score (nSPS) is 14.9. The van der Waals surface area contributed by atoms with Crippen LogP contribution in [0.1, 0.15) is 17.2 Å². The number of rotatable bonds is 6. The second-order valence-electron chi connectivity index (χ2n) is 5.78. The smallest absolute Gasteiger partial charge is 0.240 e. The predicted molar refractivity (Wildman–Crippen MR) is 97.5 cm³/mol. The van der Waals surface area contributed by atoms with Gasteiger partial charge in [0.05, 0.1) is 17.1 Å². The third kappa shape index (κ3) is 3.48. The number of hydrogen-bond acceptors (Lipinski definition) is 6. The molecule has 1 aromatic carbocycles. The molecule has 1 N–H and O–H groups in total. The molecule has 3 heterocycles. The third-order valence-corrected chi connectivity index (χ3v) is 6.26. The Balaban J connectivity index is 1.55. The lowest BCUT2D eigenvalue weighted by atomic mass is 10.00. The van der Waals surface area contributed by atoms with Crippen molar-refractivity contribution >= 4 is 21.4 Å². The van der Waals surface area contributed by atoms with Gasteiger partial charge in [0.2, 0.25) is 10.0 Å². The number of thiophene rings is 1. The van der Waals surface area contributed by atoms with Gasteiger partial charge in [-0.05, 0) is 46.7 Å². The molecule has 0 amide bonds. The average molecular weight is 391 g/mol. The monoisotopic (exact) mass is 391 g/mol. The summed E-state index contributed by atoms with van der Waals surface area (Å²) in [6.07, 6.45) is 1.59. The summed E-state index contributed by atoms with van der Waals surface area (Å²) in [7, 11) is -3.69. The number of benzene rings is 1. The molecule has 4 rings (SSSR count). The maximum absolute atomic E-state index is 12.7. The standard InChI is InChI=1S/C18H17NO5S2/c20-26(21,14-3-4-17-18(10-14)24-8-7-23-17)19-11-15(13-5-9-25-12-13)16-2-1-6-22-16/h1-6,9-10,12,15,19H,7-8,11H2. The van der Waals surface area contributed by atoms with Gasteiger partial charge in [-0.1, -0.05) is 0 Å². The van der Waals surface area contributed by atoms with E-state index in [0.717, 1.165) is 5.56 Å². The van der Waals surface area contributed by atoms with E-state index in [1.165, 1.54) is 12.1 Å². The van der Waals surface area contributed by atoms with Crippen LogP contribution >= 0.6 is 11.3 Å². The lowest BCUT2D eigenvalue weighted by Gasteiger charge is -2.19. The van der Waals surface area contributed by atoms with E-state index in [0.29, 0.717) is 30.5 Å². The lowest BCUT2D eigenvalue weighted by Crippen LogP contribution is -2.29. The maximum atomic E-state index is 12.7. The molecule has 1 aliphatic heterocycles. The number of furan rings is 1. The second-order valence-corrected chi connectivity index (χ2v) is 8.33. The van der Waals surface area contributed by atoms with E-state index in [4.69, 9.17) is 13.9 Å². The van der Waals surface area contributed by atoms with E-state index in [-0.39, 0.29) is 17.4 Å². The summed E-state index contributed by atoms with van der Waals surface area (Å²) in [5.41, 5.74) is 1.01. The minimum atomic E-state index is -3.69. The summed E-state index contributed by atoms with van der Waals surface area (Å²) in [4.78, 5) is 0.144. The van der Waals surface area contributed by atoms with Crippen LogP contribution in [0.25, 0.3) is 0 Å². The number of nitrogens with one attached hydrogen (secondary N) is 1. The van der Waals surface area contributed by atoms with Crippen molar-refractivity contribution in [1.82, 2.24) is 4.72 Å². The summed E-state index contributed by atoms with van der Waals surface area (Å²) in [5.74, 6) is 1.53. The van der Waals surface area contributed by atoms with Crippen LogP contribution in [0.3, 0.4) is 0 Å². The Kier molecular flexibility index (Phi) is 4.71. The van der Waals surface area contributed by atoms with Gasteiger partial charge in [0, 0.05) is 12.6 Å². The zero-order valence-corrected chi connectivity index (χ0v) is 15.4. The van der Waals surface area contributed by atoms with E-state index in [2.05, 4.69) is 4.72 Å². The first-order valence-electron chi connectivity index (χ1n) is 8.08. The Morgan fingerprint density at radius 3 is 2.69 bits per heavy atom. The summed E-state index contributed by atoms with van der Waals surface area (Å²) in [6.45, 7) is 1.06. The molecular formula is C18H17NO5S2. The van der Waals surface area contributed by atoms with Crippen LogP contribution in [0.15, 0.2) is 62.7 Å². The molecule has 1 atom stereocenters. The van der Waals surface area contributed by atoms with E-state index >= 15 is 0 Å². The first-order valence-corrected chi connectivity index (χ1v) is 10.5. The molecule has 0 fully saturated rings. The van der Waals surface area contributed by atoms with Crippen LogP contribution in [0, 0.1) is 0 Å². The highest BCUT2D eigenvalue weighted by atomic mass is 32.2. The lowest BCUT2D eigenvalue weighted by molar-refractivity contribution is 0.171. The van der Waals surface area contributed by atoms with Crippen LogP contribution in [-0.4, -0.2) is 28.2 Å². The van der Waals surface area contributed by atoms with Crippen molar-refractivity contribution in [2.24, 2.45) is 0 Å². The second kappa shape index (κ2) is 7.14. The van der Waals surface area contributed by atoms with Crippen LogP contribution < -0.4 is 14.2 Å². The van der Waals surface area contributed by atoms with Crippen molar-refractivity contribution in [3.63, 3.8) is 0 Å². The molecule has 0 aliphatic carbocycles. The van der Waals surface area contributed by atoms with E-state index in [1.54, 1.807) is 29.7 Å². The van der Waals surface area contributed by atoms with Crippen molar-refractivity contribution in [1.29, 1.82) is 0 Å². The number of fused-ring (bicyclic) bond motifs is 1. The summed E-state index contributed by atoms with van der Waals surface area (Å²) in [6, 6.07) is 10.2. The van der Waals surface area contributed by atoms with Crippen LogP contribution in [0.5, 0.6) is 11.5 Å². The maximum Gasteiger partial charge on any atom is 0.240 e. The molecule has 136 valence electrons. The molecule has 26 heavy (non-hydrogen) atoms. The van der Waals surface area contributed by atoms with Gasteiger partial charge in [-0.15, -0.1) is 0 Å². The molecule has 3 aromatic rings. The van der Waals surface area contributed by atoms with Crippen molar-refractivity contribution in [3.05, 3.63) is 64.7 Å². The number of sulfonamides is 1. The van der Waals surface area contributed by atoms with Gasteiger partial charge in [0.1, 0.15) is 19.0 Å². The molecule has 0 spiro atoms. The first-order chi connectivity index (χ1) is 12.6. The summed E-state index contributed by atoms with van der Waals surface area (Å²) in [5, 5.41) is 3.95. The van der Waals surface area contributed by atoms with Crippen molar-refractivity contribution in [3.8, 4) is 11.5 Å². The Hall–Kier alpha value is -2.29. The molecule has 6 nitrogen and oxygen atoms in total. The topological polar surface area (TPSA) is 77.8 Å². The van der Waals surface area contributed by atoms with Gasteiger partial charge in [-0.2, -0.15) is 11.3 Å². The van der Waals surface area contributed by atoms with Gasteiger partial charge >= 0.3 is 0 Å². The Morgan fingerprint density at radius 1 is 1.12 bits per heavy atom. The zero-order chi connectivity index (χ0) is 18.0. The van der Waals surface area contributed by atoms with Gasteiger partial charge < -0.3 is 13.9 Å². The largest absolute Gasteiger partial charge is 0.486 e. The van der Waals surface area contributed by atoms with Gasteiger partial charge in [0.15, 0.2) is 11.5 Å². The fourth-order valence-corrected chi connectivity index (χ4v) is 4.59. The van der Waals surface area contributed by atoms with Crippen LogP contribution in [-0.2, 0) is 10.0 Å². The fourth-order valence-electron chi connectivity index (χ4n) is 2.81. The molecule has 0 saturated carbocycles. The van der Waals surface area contributed by atoms with Crippen molar-refractivity contribution < 1.29 is 22.3 Å². The van der Waals surface area contributed by atoms with E-state index in [9.17, 15) is 8.42 Å². The fraction of sp³-hybridized carbons (Fsp3) is 0.222. The van der Waals surface area contributed by atoms with E-state index < -0.39 is 10.0 Å². The molecule has 1 unspecified atom stereocenters. The van der Waals surface area contributed by atoms with Crippen molar-refractivity contribution in [2.75, 3.05) is 19.8 Å². The Bertz CT molecular complexity index is 931. The van der Waals surface area contributed by atoms with Crippen LogP contribution in [0.4, 0.5) is 0 Å². The molecule has 2 aromatic heterocycles.